The van der Waals surface area contributed by atoms with Crippen molar-refractivity contribution in [3.05, 3.63) is 29.8 Å². The lowest BCUT2D eigenvalue weighted by Gasteiger charge is -2.29. The van der Waals surface area contributed by atoms with Gasteiger partial charge in [-0.3, -0.25) is 9.36 Å². The Kier molecular flexibility index (Phi) is 6.65. The second-order valence-electron chi connectivity index (χ2n) is 9.90. The molecular weight excluding hydrogens is 434 g/mol. The number of aryl methyl sites for hydroxylation is 1. The molecule has 1 saturated heterocycles. The number of rotatable bonds is 7. The molecule has 2 heterocycles. The number of morpholine rings is 1. The van der Waals surface area contributed by atoms with E-state index < -0.39 is 0 Å². The van der Waals surface area contributed by atoms with Gasteiger partial charge in [-0.25, -0.2) is 0 Å². The molecule has 7 nitrogen and oxygen atoms in total. The van der Waals surface area contributed by atoms with Crippen LogP contribution in [0.3, 0.4) is 0 Å². The highest BCUT2D eigenvalue weighted by molar-refractivity contribution is 8.00. The van der Waals surface area contributed by atoms with Gasteiger partial charge in [0.1, 0.15) is 0 Å². The summed E-state index contributed by atoms with van der Waals surface area (Å²) in [5.74, 6) is 3.22. The highest BCUT2D eigenvalue weighted by Gasteiger charge is 2.42. The molecule has 5 atom stereocenters. The van der Waals surface area contributed by atoms with E-state index in [1.807, 2.05) is 19.1 Å². The molecule has 33 heavy (non-hydrogen) atoms. The molecule has 8 heteroatoms. The molecule has 178 valence electrons. The summed E-state index contributed by atoms with van der Waals surface area (Å²) in [6.07, 6.45) is 5.36. The van der Waals surface area contributed by atoms with Crippen molar-refractivity contribution in [2.75, 3.05) is 31.2 Å². The van der Waals surface area contributed by atoms with Gasteiger partial charge in [-0.05, 0) is 69.4 Å². The Bertz CT molecular complexity index is 989. The fraction of sp³-hybridized carbons (Fsp3) is 0.640. The average Bonchev–Trinajstić information content (AvgIpc) is 3.56. The zero-order valence-electron chi connectivity index (χ0n) is 19.9. The van der Waals surface area contributed by atoms with E-state index in [4.69, 9.17) is 4.74 Å². The lowest BCUT2D eigenvalue weighted by Crippen LogP contribution is -2.43. The molecule has 2 aliphatic carbocycles. The molecule has 2 aromatic rings. The summed E-state index contributed by atoms with van der Waals surface area (Å²) in [7, 11) is 0. The molecule has 0 unspecified atom stereocenters. The number of para-hydroxylation sites is 1. The number of nitrogens with one attached hydrogen (secondary N) is 1. The van der Waals surface area contributed by atoms with Gasteiger partial charge in [0.15, 0.2) is 5.16 Å². The van der Waals surface area contributed by atoms with Crippen LogP contribution in [0.5, 0.6) is 0 Å². The molecule has 1 N–H and O–H groups in total. The van der Waals surface area contributed by atoms with Crippen molar-refractivity contribution in [2.24, 2.45) is 17.8 Å². The maximum Gasteiger partial charge on any atom is 0.233 e. The Morgan fingerprint density at radius 1 is 1.15 bits per heavy atom. The van der Waals surface area contributed by atoms with Gasteiger partial charge in [0.2, 0.25) is 11.9 Å². The summed E-state index contributed by atoms with van der Waals surface area (Å²) >= 11 is 1.49. The van der Waals surface area contributed by atoms with Gasteiger partial charge in [-0.1, -0.05) is 36.4 Å². The van der Waals surface area contributed by atoms with Crippen molar-refractivity contribution < 1.29 is 9.53 Å². The Labute approximate surface area is 200 Å². The Balaban J connectivity index is 1.33. The number of hydrogen-bond acceptors (Lipinski definition) is 6. The van der Waals surface area contributed by atoms with E-state index in [1.54, 1.807) is 0 Å². The first-order chi connectivity index (χ1) is 16.0. The van der Waals surface area contributed by atoms with Gasteiger partial charge < -0.3 is 15.0 Å². The molecule has 1 aromatic heterocycles. The summed E-state index contributed by atoms with van der Waals surface area (Å²) < 4.78 is 7.64. The average molecular weight is 470 g/mol. The summed E-state index contributed by atoms with van der Waals surface area (Å²) in [6, 6.07) is 8.49. The third-order valence-electron chi connectivity index (χ3n) is 7.72. The number of amides is 1. The fourth-order valence-electron chi connectivity index (χ4n) is 5.90. The van der Waals surface area contributed by atoms with Crippen LogP contribution in [0.1, 0.15) is 45.1 Å². The number of nitrogens with zero attached hydrogens (tertiary/aromatic N) is 4. The van der Waals surface area contributed by atoms with Crippen LogP contribution in [0, 0.1) is 24.7 Å². The molecule has 1 aromatic carbocycles. The number of benzene rings is 1. The molecule has 3 aliphatic rings. The number of hydrogen-bond donors (Lipinski definition) is 1. The van der Waals surface area contributed by atoms with Gasteiger partial charge in [0.25, 0.3) is 0 Å². The smallest absolute Gasteiger partial charge is 0.233 e. The minimum absolute atomic E-state index is 0.0857. The lowest BCUT2D eigenvalue weighted by molar-refractivity contribution is -0.121. The van der Waals surface area contributed by atoms with E-state index in [-0.39, 0.29) is 17.2 Å². The largest absolute Gasteiger partial charge is 0.378 e. The third kappa shape index (κ3) is 4.64. The molecule has 0 spiro atoms. The standard InChI is InChI=1S/C25H35N5O2S/c1-16-6-4-5-7-22(16)30-24(29-10-12-32-13-11-29)27-28-25(30)33-18(3)23(31)26-17(2)21-15-19-8-9-20(21)14-19/h4-7,17-21H,8-15H2,1-3H3,(H,26,31)/t17-,18-,19+,20+,21+/m1/s1. The van der Waals surface area contributed by atoms with Crippen molar-refractivity contribution in [1.82, 2.24) is 20.1 Å². The Morgan fingerprint density at radius 3 is 2.64 bits per heavy atom. The highest BCUT2D eigenvalue weighted by atomic mass is 32.2. The molecule has 1 amide bonds. The van der Waals surface area contributed by atoms with Crippen LogP contribution < -0.4 is 10.2 Å². The van der Waals surface area contributed by atoms with Gasteiger partial charge in [0.05, 0.1) is 24.2 Å². The minimum atomic E-state index is -0.254. The second kappa shape index (κ2) is 9.66. The first kappa shape index (κ1) is 22.7. The summed E-state index contributed by atoms with van der Waals surface area (Å²) in [5, 5.41) is 12.9. The van der Waals surface area contributed by atoms with E-state index in [0.717, 1.165) is 47.3 Å². The predicted octanol–water partition coefficient (Wildman–Crippen LogP) is 3.83. The van der Waals surface area contributed by atoms with Crippen molar-refractivity contribution in [2.45, 2.75) is 62.9 Å². The van der Waals surface area contributed by atoms with Crippen molar-refractivity contribution in [1.29, 1.82) is 0 Å². The van der Waals surface area contributed by atoms with E-state index in [0.29, 0.717) is 19.1 Å². The first-order valence-corrected chi connectivity index (χ1v) is 13.2. The van der Waals surface area contributed by atoms with E-state index in [9.17, 15) is 4.79 Å². The van der Waals surface area contributed by atoms with Crippen LogP contribution >= 0.6 is 11.8 Å². The number of ether oxygens (including phenoxy) is 1. The molecular formula is C25H35N5O2S. The summed E-state index contributed by atoms with van der Waals surface area (Å²) in [4.78, 5) is 15.3. The van der Waals surface area contributed by atoms with Crippen LogP contribution in [0.15, 0.2) is 29.4 Å². The molecule has 2 saturated carbocycles. The summed E-state index contributed by atoms with van der Waals surface area (Å²) in [5.41, 5.74) is 2.20. The van der Waals surface area contributed by atoms with E-state index in [2.05, 4.69) is 51.0 Å². The number of fused-ring (bicyclic) bond motifs is 2. The van der Waals surface area contributed by atoms with Crippen LogP contribution in [0.25, 0.3) is 5.69 Å². The van der Waals surface area contributed by atoms with E-state index in [1.165, 1.54) is 37.4 Å². The number of aromatic nitrogens is 3. The first-order valence-electron chi connectivity index (χ1n) is 12.3. The van der Waals surface area contributed by atoms with Gasteiger partial charge >= 0.3 is 0 Å². The molecule has 5 rings (SSSR count). The zero-order chi connectivity index (χ0) is 22.9. The molecule has 0 radical (unpaired) electrons. The maximum atomic E-state index is 13.1. The summed E-state index contributed by atoms with van der Waals surface area (Å²) in [6.45, 7) is 9.19. The van der Waals surface area contributed by atoms with Crippen molar-refractivity contribution >= 4 is 23.6 Å². The van der Waals surface area contributed by atoms with Gasteiger partial charge in [-0.15, -0.1) is 10.2 Å². The lowest BCUT2D eigenvalue weighted by atomic mass is 9.84. The maximum absolute atomic E-state index is 13.1. The van der Waals surface area contributed by atoms with Crippen molar-refractivity contribution in [3.63, 3.8) is 0 Å². The monoisotopic (exact) mass is 469 g/mol. The number of anilines is 1. The Morgan fingerprint density at radius 2 is 1.94 bits per heavy atom. The molecule has 2 bridgehead atoms. The van der Waals surface area contributed by atoms with Crippen LogP contribution in [-0.2, 0) is 9.53 Å². The highest BCUT2D eigenvalue weighted by Crippen LogP contribution is 2.49. The quantitative estimate of drug-likeness (QED) is 0.622. The topological polar surface area (TPSA) is 72.3 Å². The van der Waals surface area contributed by atoms with Gasteiger partial charge in [-0.2, -0.15) is 0 Å². The normalized spacial score (nSPS) is 26.4. The fourth-order valence-corrected chi connectivity index (χ4v) is 6.76. The van der Waals surface area contributed by atoms with Gasteiger partial charge in [0, 0.05) is 19.1 Å². The SMILES string of the molecule is Cc1ccccc1-n1c(S[C@H](C)C(=O)N[C@H](C)[C@@H]2C[C@H]3CC[C@H]2C3)nnc1N1CCOCC1. The zero-order valence-corrected chi connectivity index (χ0v) is 20.7. The third-order valence-corrected chi connectivity index (χ3v) is 8.77. The number of carbonyl (C=O) groups is 1. The number of thioether (sulfide) groups is 1. The van der Waals surface area contributed by atoms with Crippen LogP contribution in [-0.4, -0.2) is 58.3 Å². The predicted molar refractivity (Wildman–Crippen MR) is 131 cm³/mol. The minimum Gasteiger partial charge on any atom is -0.378 e. The van der Waals surface area contributed by atoms with Crippen LogP contribution in [0.4, 0.5) is 5.95 Å². The Hall–Kier alpha value is -2.06. The van der Waals surface area contributed by atoms with Crippen molar-refractivity contribution in [3.8, 4) is 5.69 Å². The van der Waals surface area contributed by atoms with E-state index >= 15 is 0 Å². The second-order valence-corrected chi connectivity index (χ2v) is 11.2. The molecule has 3 fully saturated rings. The number of carbonyl (C=O) groups excluding carboxylic acids is 1. The molecule has 1 aliphatic heterocycles. The van der Waals surface area contributed by atoms with Crippen LogP contribution in [0.2, 0.25) is 0 Å².